The number of carbonyl (C=O) groups is 1. The van der Waals surface area contributed by atoms with Gasteiger partial charge in [0, 0.05) is 30.9 Å². The topological polar surface area (TPSA) is 76.4 Å². The van der Waals surface area contributed by atoms with E-state index in [0.717, 1.165) is 17.0 Å². The monoisotopic (exact) mass is 289 g/mol. The average Bonchev–Trinajstić information content (AvgIpc) is 2.69. The highest BCUT2D eigenvalue weighted by Crippen LogP contribution is 2.24. The van der Waals surface area contributed by atoms with Crippen LogP contribution in [0, 0.1) is 13.8 Å². The van der Waals surface area contributed by atoms with E-state index in [9.17, 15) is 9.90 Å². The standard InChI is InChI=1S/C15H19N3O3/c1-9-13(10(2)18(3)17-9)8-16-14-7-11(21-4)5-6-12(14)15(19)20/h5-7,16H,8H2,1-4H3,(H,19,20). The van der Waals surface area contributed by atoms with E-state index in [4.69, 9.17) is 4.74 Å². The molecule has 0 saturated heterocycles. The zero-order valence-electron chi connectivity index (χ0n) is 12.6. The summed E-state index contributed by atoms with van der Waals surface area (Å²) >= 11 is 0. The molecule has 0 saturated carbocycles. The van der Waals surface area contributed by atoms with Gasteiger partial charge in [0.15, 0.2) is 0 Å². The van der Waals surface area contributed by atoms with Crippen LogP contribution in [0.5, 0.6) is 5.75 Å². The molecule has 0 fully saturated rings. The minimum Gasteiger partial charge on any atom is -0.497 e. The van der Waals surface area contributed by atoms with Gasteiger partial charge in [-0.3, -0.25) is 4.68 Å². The number of carboxylic acid groups (broad SMARTS) is 1. The van der Waals surface area contributed by atoms with Gasteiger partial charge in [-0.1, -0.05) is 0 Å². The number of benzene rings is 1. The third kappa shape index (κ3) is 2.99. The average molecular weight is 289 g/mol. The molecule has 0 bridgehead atoms. The van der Waals surface area contributed by atoms with Crippen molar-refractivity contribution in [1.29, 1.82) is 0 Å². The summed E-state index contributed by atoms with van der Waals surface area (Å²) < 4.78 is 6.96. The molecule has 112 valence electrons. The Morgan fingerprint density at radius 2 is 2.14 bits per heavy atom. The molecular formula is C15H19N3O3. The number of aryl methyl sites for hydroxylation is 2. The van der Waals surface area contributed by atoms with E-state index in [-0.39, 0.29) is 5.56 Å². The first-order chi connectivity index (χ1) is 9.93. The number of hydrogen-bond donors (Lipinski definition) is 2. The highest BCUT2D eigenvalue weighted by Gasteiger charge is 2.13. The quantitative estimate of drug-likeness (QED) is 0.883. The fourth-order valence-corrected chi connectivity index (χ4v) is 2.24. The molecule has 0 aliphatic carbocycles. The highest BCUT2D eigenvalue weighted by atomic mass is 16.5. The zero-order valence-corrected chi connectivity index (χ0v) is 12.6. The predicted octanol–water partition coefficient (Wildman–Crippen LogP) is 2.36. The predicted molar refractivity (Wildman–Crippen MR) is 80.0 cm³/mol. The van der Waals surface area contributed by atoms with E-state index in [2.05, 4.69) is 10.4 Å². The van der Waals surface area contributed by atoms with Crippen molar-refractivity contribution in [3.05, 3.63) is 40.7 Å². The van der Waals surface area contributed by atoms with Crippen molar-refractivity contribution >= 4 is 11.7 Å². The lowest BCUT2D eigenvalue weighted by Crippen LogP contribution is -2.08. The third-order valence-corrected chi connectivity index (χ3v) is 3.57. The second kappa shape index (κ2) is 5.87. The molecule has 21 heavy (non-hydrogen) atoms. The number of methoxy groups -OCH3 is 1. The number of aromatic nitrogens is 2. The summed E-state index contributed by atoms with van der Waals surface area (Å²) in [4.78, 5) is 11.3. The van der Waals surface area contributed by atoms with Crippen LogP contribution >= 0.6 is 0 Å². The van der Waals surface area contributed by atoms with Gasteiger partial charge in [-0.15, -0.1) is 0 Å². The van der Waals surface area contributed by atoms with Crippen molar-refractivity contribution in [2.24, 2.45) is 7.05 Å². The van der Waals surface area contributed by atoms with Crippen molar-refractivity contribution in [2.45, 2.75) is 20.4 Å². The molecule has 6 heteroatoms. The SMILES string of the molecule is COc1ccc(C(=O)O)c(NCc2c(C)nn(C)c2C)c1. The lowest BCUT2D eigenvalue weighted by molar-refractivity contribution is 0.0698. The zero-order chi connectivity index (χ0) is 15.6. The van der Waals surface area contributed by atoms with Gasteiger partial charge in [0.25, 0.3) is 0 Å². The summed E-state index contributed by atoms with van der Waals surface area (Å²) in [6.07, 6.45) is 0. The first-order valence-corrected chi connectivity index (χ1v) is 6.58. The molecule has 0 radical (unpaired) electrons. The largest absolute Gasteiger partial charge is 0.497 e. The Balaban J connectivity index is 2.28. The van der Waals surface area contributed by atoms with Crippen LogP contribution in [0.1, 0.15) is 27.3 Å². The maximum absolute atomic E-state index is 11.3. The second-order valence-corrected chi connectivity index (χ2v) is 4.84. The third-order valence-electron chi connectivity index (χ3n) is 3.57. The molecule has 0 atom stereocenters. The van der Waals surface area contributed by atoms with Gasteiger partial charge < -0.3 is 15.2 Å². The molecule has 1 heterocycles. The summed E-state index contributed by atoms with van der Waals surface area (Å²) in [7, 11) is 3.44. The van der Waals surface area contributed by atoms with Gasteiger partial charge in [0.2, 0.25) is 0 Å². The number of carboxylic acids is 1. The number of nitrogens with zero attached hydrogens (tertiary/aromatic N) is 2. The molecule has 0 unspecified atom stereocenters. The Hall–Kier alpha value is -2.50. The van der Waals surface area contributed by atoms with Gasteiger partial charge in [-0.25, -0.2) is 4.79 Å². The van der Waals surface area contributed by atoms with E-state index in [1.54, 1.807) is 19.2 Å². The van der Waals surface area contributed by atoms with Gasteiger partial charge >= 0.3 is 5.97 Å². The summed E-state index contributed by atoms with van der Waals surface area (Å²) in [5, 5.41) is 16.8. The molecule has 2 N–H and O–H groups in total. The Kier molecular flexibility index (Phi) is 4.16. The molecular weight excluding hydrogens is 270 g/mol. The Bertz CT molecular complexity index is 677. The molecule has 0 amide bonds. The molecule has 0 aliphatic heterocycles. The molecule has 1 aromatic heterocycles. The molecule has 0 aliphatic rings. The molecule has 0 spiro atoms. The van der Waals surface area contributed by atoms with Crippen LogP contribution in [0.4, 0.5) is 5.69 Å². The van der Waals surface area contributed by atoms with Gasteiger partial charge in [-0.2, -0.15) is 5.10 Å². The van der Waals surface area contributed by atoms with Crippen LogP contribution in [0.25, 0.3) is 0 Å². The smallest absolute Gasteiger partial charge is 0.337 e. The van der Waals surface area contributed by atoms with Crippen molar-refractivity contribution in [3.8, 4) is 5.75 Å². The van der Waals surface area contributed by atoms with Crippen LogP contribution in [-0.2, 0) is 13.6 Å². The van der Waals surface area contributed by atoms with E-state index >= 15 is 0 Å². The van der Waals surface area contributed by atoms with Crippen LogP contribution in [0.2, 0.25) is 0 Å². The first-order valence-electron chi connectivity index (χ1n) is 6.58. The first kappa shape index (κ1) is 14.9. The van der Waals surface area contributed by atoms with Crippen LogP contribution < -0.4 is 10.1 Å². The minimum atomic E-state index is -0.972. The normalized spacial score (nSPS) is 10.5. The number of rotatable bonds is 5. The van der Waals surface area contributed by atoms with E-state index in [0.29, 0.717) is 18.0 Å². The number of nitrogens with one attached hydrogen (secondary N) is 1. The van der Waals surface area contributed by atoms with Gasteiger partial charge in [-0.05, 0) is 26.0 Å². The Morgan fingerprint density at radius 3 is 2.67 bits per heavy atom. The molecule has 2 aromatic rings. The molecule has 6 nitrogen and oxygen atoms in total. The number of aromatic carboxylic acids is 1. The maximum atomic E-state index is 11.3. The molecule has 2 rings (SSSR count). The Labute approximate surface area is 123 Å². The van der Waals surface area contributed by atoms with Crippen LogP contribution in [0.15, 0.2) is 18.2 Å². The van der Waals surface area contributed by atoms with Crippen LogP contribution in [0.3, 0.4) is 0 Å². The number of hydrogen-bond acceptors (Lipinski definition) is 4. The summed E-state index contributed by atoms with van der Waals surface area (Å²) in [6, 6.07) is 4.85. The highest BCUT2D eigenvalue weighted by molar-refractivity contribution is 5.94. The van der Waals surface area contributed by atoms with Gasteiger partial charge in [0.05, 0.1) is 24.1 Å². The number of anilines is 1. The minimum absolute atomic E-state index is 0.218. The van der Waals surface area contributed by atoms with Gasteiger partial charge in [0.1, 0.15) is 5.75 Å². The lowest BCUT2D eigenvalue weighted by Gasteiger charge is -2.11. The molecule has 1 aromatic carbocycles. The number of ether oxygens (including phenoxy) is 1. The van der Waals surface area contributed by atoms with E-state index in [1.807, 2.05) is 25.6 Å². The summed E-state index contributed by atoms with van der Waals surface area (Å²) in [5.74, 6) is -0.359. The second-order valence-electron chi connectivity index (χ2n) is 4.84. The summed E-state index contributed by atoms with van der Waals surface area (Å²) in [6.45, 7) is 4.44. The fraction of sp³-hybridized carbons (Fsp3) is 0.333. The Morgan fingerprint density at radius 1 is 1.43 bits per heavy atom. The summed E-state index contributed by atoms with van der Waals surface area (Å²) in [5.41, 5.74) is 3.80. The van der Waals surface area contributed by atoms with Crippen molar-refractivity contribution < 1.29 is 14.6 Å². The van der Waals surface area contributed by atoms with Crippen molar-refractivity contribution in [3.63, 3.8) is 0 Å². The lowest BCUT2D eigenvalue weighted by atomic mass is 10.1. The van der Waals surface area contributed by atoms with Crippen LogP contribution in [-0.4, -0.2) is 28.0 Å². The maximum Gasteiger partial charge on any atom is 0.337 e. The van der Waals surface area contributed by atoms with E-state index < -0.39 is 5.97 Å². The fourth-order valence-electron chi connectivity index (χ4n) is 2.24. The van der Waals surface area contributed by atoms with Crippen molar-refractivity contribution in [1.82, 2.24) is 9.78 Å². The van der Waals surface area contributed by atoms with Crippen molar-refractivity contribution in [2.75, 3.05) is 12.4 Å². The van der Waals surface area contributed by atoms with E-state index in [1.165, 1.54) is 6.07 Å².